The Balaban J connectivity index is 1.70. The van der Waals surface area contributed by atoms with Gasteiger partial charge in [0.2, 0.25) is 5.91 Å². The Hall–Kier alpha value is -2.33. The molecule has 31 heavy (non-hydrogen) atoms. The maximum atomic E-state index is 13.9. The second-order valence-electron chi connectivity index (χ2n) is 9.23. The van der Waals surface area contributed by atoms with E-state index in [1.165, 1.54) is 6.42 Å². The fraction of sp³-hybridized carbons (Fsp3) is 0.462. The van der Waals surface area contributed by atoms with Gasteiger partial charge in [-0.2, -0.15) is 0 Å². The van der Waals surface area contributed by atoms with Crippen molar-refractivity contribution in [2.45, 2.75) is 58.7 Å². The van der Waals surface area contributed by atoms with Crippen LogP contribution in [0.1, 0.15) is 55.8 Å². The van der Waals surface area contributed by atoms with Gasteiger partial charge < -0.3 is 9.80 Å². The first-order valence-corrected chi connectivity index (χ1v) is 11.6. The van der Waals surface area contributed by atoms with Crippen molar-refractivity contribution in [1.82, 2.24) is 9.80 Å². The minimum absolute atomic E-state index is 0.0180. The normalized spacial score (nSPS) is 27.0. The molecule has 1 aliphatic carbocycles. The summed E-state index contributed by atoms with van der Waals surface area (Å²) < 4.78 is 0. The van der Waals surface area contributed by atoms with E-state index in [-0.39, 0.29) is 24.4 Å². The molecule has 4 nitrogen and oxygen atoms in total. The van der Waals surface area contributed by atoms with E-state index in [1.807, 2.05) is 60.4 Å². The number of rotatable bonds is 4. The van der Waals surface area contributed by atoms with Crippen LogP contribution in [0.2, 0.25) is 5.02 Å². The molecule has 1 saturated heterocycles. The van der Waals surface area contributed by atoms with E-state index in [4.69, 9.17) is 11.6 Å². The van der Waals surface area contributed by atoms with Crippen LogP contribution in [0.5, 0.6) is 0 Å². The molecule has 0 bridgehead atoms. The van der Waals surface area contributed by atoms with Crippen molar-refractivity contribution in [3.8, 4) is 0 Å². The molecule has 1 saturated carbocycles. The summed E-state index contributed by atoms with van der Waals surface area (Å²) >= 11 is 6.39. The zero-order chi connectivity index (χ0) is 22.1. The minimum Gasteiger partial charge on any atom is -0.328 e. The average molecular weight is 439 g/mol. The van der Waals surface area contributed by atoms with E-state index in [2.05, 4.69) is 13.8 Å². The number of carbonyl (C=O) groups excluding carboxylic acids is 2. The van der Waals surface area contributed by atoms with Crippen LogP contribution in [0.3, 0.4) is 0 Å². The van der Waals surface area contributed by atoms with Crippen molar-refractivity contribution in [2.75, 3.05) is 6.54 Å². The summed E-state index contributed by atoms with van der Waals surface area (Å²) in [5.41, 5.74) is 2.84. The van der Waals surface area contributed by atoms with Crippen LogP contribution in [-0.2, 0) is 16.1 Å². The average Bonchev–Trinajstić information content (AvgIpc) is 2.75. The molecule has 0 aromatic heterocycles. The van der Waals surface area contributed by atoms with Gasteiger partial charge in [-0.1, -0.05) is 86.3 Å². The zero-order valence-electron chi connectivity index (χ0n) is 18.6. The molecule has 4 atom stereocenters. The number of benzene rings is 2. The van der Waals surface area contributed by atoms with Gasteiger partial charge in [-0.05, 0) is 42.4 Å². The first-order valence-electron chi connectivity index (χ1n) is 11.3. The lowest BCUT2D eigenvalue weighted by atomic mass is 9.76. The second kappa shape index (κ2) is 9.04. The van der Waals surface area contributed by atoms with Crippen molar-refractivity contribution in [3.63, 3.8) is 0 Å². The van der Waals surface area contributed by atoms with Crippen LogP contribution in [0.15, 0.2) is 48.5 Å². The van der Waals surface area contributed by atoms with Crippen LogP contribution < -0.4 is 0 Å². The van der Waals surface area contributed by atoms with Gasteiger partial charge in [-0.15, -0.1) is 0 Å². The predicted octanol–water partition coefficient (Wildman–Crippen LogP) is 5.39. The Bertz CT molecular complexity index is 958. The summed E-state index contributed by atoms with van der Waals surface area (Å²) in [5.74, 6) is 0.955. The molecule has 4 rings (SSSR count). The molecule has 2 aliphatic rings. The molecule has 0 radical (unpaired) electrons. The summed E-state index contributed by atoms with van der Waals surface area (Å²) in [5, 5.41) is 0.613. The number of hydrogen-bond acceptors (Lipinski definition) is 2. The molecular weight excluding hydrogens is 408 g/mol. The molecule has 2 fully saturated rings. The van der Waals surface area contributed by atoms with Gasteiger partial charge in [0, 0.05) is 17.6 Å². The summed E-state index contributed by atoms with van der Waals surface area (Å²) in [6.07, 6.45) is 3.26. The third-order valence-electron chi connectivity index (χ3n) is 7.21. The first kappa shape index (κ1) is 21.9. The fourth-order valence-electron chi connectivity index (χ4n) is 5.08. The highest BCUT2D eigenvalue weighted by atomic mass is 35.5. The van der Waals surface area contributed by atoms with Gasteiger partial charge in [0.1, 0.15) is 12.6 Å². The van der Waals surface area contributed by atoms with E-state index >= 15 is 0 Å². The lowest BCUT2D eigenvalue weighted by Gasteiger charge is -2.47. The molecule has 0 spiro atoms. The van der Waals surface area contributed by atoms with Crippen molar-refractivity contribution in [1.29, 1.82) is 0 Å². The summed E-state index contributed by atoms with van der Waals surface area (Å²) in [7, 11) is 0. The van der Waals surface area contributed by atoms with Crippen LogP contribution in [-0.4, -0.2) is 34.2 Å². The van der Waals surface area contributed by atoms with Crippen molar-refractivity contribution in [3.05, 3.63) is 70.2 Å². The number of halogens is 1. The Morgan fingerprint density at radius 3 is 2.42 bits per heavy atom. The van der Waals surface area contributed by atoms with Crippen molar-refractivity contribution in [2.24, 2.45) is 11.8 Å². The molecule has 4 unspecified atom stereocenters. The number of carbonyl (C=O) groups is 2. The van der Waals surface area contributed by atoms with Crippen LogP contribution in [0.4, 0.5) is 0 Å². The maximum absolute atomic E-state index is 13.9. The summed E-state index contributed by atoms with van der Waals surface area (Å²) in [6.45, 7) is 6.98. The van der Waals surface area contributed by atoms with Gasteiger partial charge in [0.15, 0.2) is 0 Å². The standard InChI is InChI=1S/C26H31ClN2O2/c1-17-11-13-20(14-12-17)25-26(31)28(23-10-6-7-18(2)19(23)3)16-24(30)29(25)15-21-8-4-5-9-22(21)27/h4-5,8-9,11-14,18-19,23,25H,6-7,10,15-16H2,1-3H3. The SMILES string of the molecule is Cc1ccc(C2C(=O)N(C3CCCC(C)C3C)CC(=O)N2Cc2ccccc2Cl)cc1. The first-order chi connectivity index (χ1) is 14.9. The van der Waals surface area contributed by atoms with Gasteiger partial charge in [-0.25, -0.2) is 0 Å². The number of aryl methyl sites for hydroxylation is 1. The quantitative estimate of drug-likeness (QED) is 0.642. The topological polar surface area (TPSA) is 40.6 Å². The Morgan fingerprint density at radius 1 is 1.00 bits per heavy atom. The lowest BCUT2D eigenvalue weighted by molar-refractivity contribution is -0.161. The highest BCUT2D eigenvalue weighted by Gasteiger charge is 2.45. The molecule has 2 aromatic rings. The van der Waals surface area contributed by atoms with E-state index in [0.717, 1.165) is 29.5 Å². The highest BCUT2D eigenvalue weighted by Crippen LogP contribution is 2.38. The fourth-order valence-corrected chi connectivity index (χ4v) is 5.28. The Morgan fingerprint density at radius 2 is 1.71 bits per heavy atom. The Labute approximate surface area is 190 Å². The molecule has 5 heteroatoms. The highest BCUT2D eigenvalue weighted by molar-refractivity contribution is 6.31. The smallest absolute Gasteiger partial charge is 0.250 e. The minimum atomic E-state index is -0.623. The van der Waals surface area contributed by atoms with Gasteiger partial charge in [-0.3, -0.25) is 9.59 Å². The molecule has 1 aliphatic heterocycles. The molecule has 0 N–H and O–H groups in total. The van der Waals surface area contributed by atoms with E-state index in [0.29, 0.717) is 23.4 Å². The molecule has 164 valence electrons. The van der Waals surface area contributed by atoms with Crippen LogP contribution >= 0.6 is 11.6 Å². The van der Waals surface area contributed by atoms with Crippen LogP contribution in [0, 0.1) is 18.8 Å². The molecule has 1 heterocycles. The molecule has 2 amide bonds. The summed E-state index contributed by atoms with van der Waals surface area (Å²) in [6, 6.07) is 15.0. The van der Waals surface area contributed by atoms with Gasteiger partial charge in [0.25, 0.3) is 5.91 Å². The Kier molecular flexibility index (Phi) is 6.38. The van der Waals surface area contributed by atoms with Crippen molar-refractivity contribution >= 4 is 23.4 Å². The number of amides is 2. The third kappa shape index (κ3) is 4.36. The number of nitrogens with zero attached hydrogens (tertiary/aromatic N) is 2. The van der Waals surface area contributed by atoms with Gasteiger partial charge in [0.05, 0.1) is 0 Å². The van der Waals surface area contributed by atoms with E-state index in [9.17, 15) is 9.59 Å². The zero-order valence-corrected chi connectivity index (χ0v) is 19.3. The molecular formula is C26H31ClN2O2. The number of hydrogen-bond donors (Lipinski definition) is 0. The monoisotopic (exact) mass is 438 g/mol. The number of piperazine rings is 1. The molecule has 2 aromatic carbocycles. The lowest BCUT2D eigenvalue weighted by Crippen LogP contribution is -2.60. The third-order valence-corrected chi connectivity index (χ3v) is 7.58. The largest absolute Gasteiger partial charge is 0.328 e. The predicted molar refractivity (Wildman–Crippen MR) is 124 cm³/mol. The van der Waals surface area contributed by atoms with E-state index in [1.54, 1.807) is 4.90 Å². The second-order valence-corrected chi connectivity index (χ2v) is 9.63. The summed E-state index contributed by atoms with van der Waals surface area (Å²) in [4.78, 5) is 30.9. The van der Waals surface area contributed by atoms with Crippen molar-refractivity contribution < 1.29 is 9.59 Å². The maximum Gasteiger partial charge on any atom is 0.250 e. The van der Waals surface area contributed by atoms with E-state index < -0.39 is 6.04 Å². The van der Waals surface area contributed by atoms with Gasteiger partial charge >= 0.3 is 0 Å². The van der Waals surface area contributed by atoms with Crippen LogP contribution in [0.25, 0.3) is 0 Å².